The number of hydrogen-bond donors (Lipinski definition) is 1. The molecular weight excluding hydrogens is 450 g/mol. The average molecular weight is 497 g/mol. The van der Waals surface area contributed by atoms with Crippen molar-refractivity contribution in [1.29, 1.82) is 0 Å². The van der Waals surface area contributed by atoms with Crippen molar-refractivity contribution in [3.05, 3.63) is 54.6 Å². The minimum absolute atomic E-state index is 0.0371. The van der Waals surface area contributed by atoms with E-state index in [0.717, 1.165) is 6.08 Å². The Kier molecular flexibility index (Phi) is 17.3. The molecule has 34 heavy (non-hydrogen) atoms. The monoisotopic (exact) mass is 496 g/mol. The molecule has 6 nitrogen and oxygen atoms in total. The zero-order valence-electron chi connectivity index (χ0n) is 21.5. The summed E-state index contributed by atoms with van der Waals surface area (Å²) in [4.78, 5) is 10.4. The summed E-state index contributed by atoms with van der Waals surface area (Å²) in [7, 11) is -3.95. The van der Waals surface area contributed by atoms with Crippen LogP contribution in [-0.4, -0.2) is 55.4 Å². The van der Waals surface area contributed by atoms with Crippen molar-refractivity contribution >= 4 is 22.2 Å². The minimum atomic E-state index is -3.95. The molecule has 1 N–H and O–H groups in total. The summed E-state index contributed by atoms with van der Waals surface area (Å²) in [5.74, 6) is -1.01. The summed E-state index contributed by atoms with van der Waals surface area (Å²) in [6, 6.07) is 9.01. The van der Waals surface area contributed by atoms with Gasteiger partial charge in [0.25, 0.3) is 10.1 Å². The van der Waals surface area contributed by atoms with Crippen molar-refractivity contribution in [3.8, 4) is 0 Å². The zero-order chi connectivity index (χ0) is 25.9. The van der Waals surface area contributed by atoms with E-state index in [4.69, 9.17) is 4.55 Å². The van der Waals surface area contributed by atoms with E-state index < -0.39 is 21.8 Å². The number of benzene rings is 1. The second kappa shape index (κ2) is 18.4. The van der Waals surface area contributed by atoms with Gasteiger partial charge < -0.3 is 9.22 Å². The summed E-state index contributed by atoms with van der Waals surface area (Å²) in [6.07, 6.45) is 10.9. The zero-order valence-corrected chi connectivity index (χ0v) is 22.3. The molecule has 1 aromatic carbocycles. The van der Waals surface area contributed by atoms with E-state index in [1.54, 1.807) is 0 Å². The Morgan fingerprint density at radius 2 is 1.44 bits per heavy atom. The van der Waals surface area contributed by atoms with Crippen LogP contribution in [0.4, 0.5) is 0 Å². The highest BCUT2D eigenvalue weighted by Gasteiger charge is 2.26. The van der Waals surface area contributed by atoms with Gasteiger partial charge in [0, 0.05) is 11.6 Å². The fourth-order valence-corrected chi connectivity index (χ4v) is 4.16. The third-order valence-electron chi connectivity index (χ3n) is 5.65. The van der Waals surface area contributed by atoms with E-state index in [-0.39, 0.29) is 13.0 Å². The van der Waals surface area contributed by atoms with Crippen LogP contribution in [0.25, 0.3) is 6.08 Å². The Morgan fingerprint density at radius 1 is 0.941 bits per heavy atom. The van der Waals surface area contributed by atoms with E-state index in [1.165, 1.54) is 80.3 Å². The van der Waals surface area contributed by atoms with Crippen LogP contribution in [0, 0.1) is 0 Å². The predicted octanol–water partition coefficient (Wildman–Crippen LogP) is 6.04. The largest absolute Gasteiger partial charge is 0.463 e. The van der Waals surface area contributed by atoms with Crippen molar-refractivity contribution in [2.45, 2.75) is 72.3 Å². The van der Waals surface area contributed by atoms with Gasteiger partial charge in [0.2, 0.25) is 0 Å². The molecule has 0 saturated carbocycles. The molecule has 194 valence electrons. The van der Waals surface area contributed by atoms with E-state index in [9.17, 15) is 13.2 Å². The second-order valence-corrected chi connectivity index (χ2v) is 10.3. The summed E-state index contributed by atoms with van der Waals surface area (Å²) in [5, 5.41) is 0. The van der Waals surface area contributed by atoms with Crippen molar-refractivity contribution in [1.82, 2.24) is 0 Å². The van der Waals surface area contributed by atoms with Gasteiger partial charge >= 0.3 is 5.97 Å². The van der Waals surface area contributed by atoms with Crippen molar-refractivity contribution in [3.63, 3.8) is 0 Å². The smallest absolute Gasteiger partial charge is 0.330 e. The van der Waals surface area contributed by atoms with Gasteiger partial charge in [-0.05, 0) is 31.2 Å². The number of nitrogens with zero attached hydrogens (tertiary/aromatic N) is 1. The second-order valence-electron chi connectivity index (χ2n) is 8.69. The third-order valence-corrected chi connectivity index (χ3v) is 6.45. The molecule has 0 spiro atoms. The SMILES string of the molecule is C=CC(=O)OCCCS(=O)(=O)O.C=Cc1ccc(C[N+](CCCC)(CCCC)CCCC)cc1. The molecule has 1 rings (SSSR count). The quantitative estimate of drug-likeness (QED) is 0.0935. The molecule has 0 heterocycles. The van der Waals surface area contributed by atoms with E-state index in [2.05, 4.69) is 62.9 Å². The first kappa shape index (κ1) is 32.0. The Morgan fingerprint density at radius 3 is 1.82 bits per heavy atom. The summed E-state index contributed by atoms with van der Waals surface area (Å²) >= 11 is 0. The fraction of sp³-hybridized carbons (Fsp3) is 0.593. The summed E-state index contributed by atoms with van der Waals surface area (Å²) in [6.45, 7) is 19.1. The maximum atomic E-state index is 10.4. The number of unbranched alkanes of at least 4 members (excludes halogenated alkanes) is 3. The normalized spacial score (nSPS) is 11.3. The summed E-state index contributed by atoms with van der Waals surface area (Å²) < 4.78 is 34.3. The minimum Gasteiger partial charge on any atom is -0.463 e. The molecule has 7 heteroatoms. The Hall–Kier alpha value is -1.96. The van der Waals surface area contributed by atoms with Crippen LogP contribution < -0.4 is 0 Å². The van der Waals surface area contributed by atoms with Crippen LogP contribution in [0.2, 0.25) is 0 Å². The van der Waals surface area contributed by atoms with Gasteiger partial charge in [0.15, 0.2) is 0 Å². The topological polar surface area (TPSA) is 80.7 Å². The van der Waals surface area contributed by atoms with Crippen LogP contribution in [0.15, 0.2) is 43.5 Å². The highest BCUT2D eigenvalue weighted by atomic mass is 32.2. The molecule has 0 saturated heterocycles. The number of esters is 1. The first-order valence-corrected chi connectivity index (χ1v) is 14.1. The lowest BCUT2D eigenvalue weighted by Gasteiger charge is -2.39. The van der Waals surface area contributed by atoms with E-state index in [1.807, 2.05) is 6.08 Å². The first-order valence-electron chi connectivity index (χ1n) is 12.5. The molecule has 0 bridgehead atoms. The number of quaternary nitrogens is 1. The molecule has 0 amide bonds. The van der Waals surface area contributed by atoms with Crippen LogP contribution >= 0.6 is 0 Å². The lowest BCUT2D eigenvalue weighted by Crippen LogP contribution is -2.49. The third kappa shape index (κ3) is 15.8. The first-order chi connectivity index (χ1) is 16.1. The molecule has 0 atom stereocenters. The highest BCUT2D eigenvalue weighted by Crippen LogP contribution is 2.20. The van der Waals surface area contributed by atoms with Crippen molar-refractivity contribution in [2.24, 2.45) is 0 Å². The van der Waals surface area contributed by atoms with Gasteiger partial charge in [-0.1, -0.05) is 83.5 Å². The predicted molar refractivity (Wildman–Crippen MR) is 142 cm³/mol. The molecule has 0 aliphatic carbocycles. The highest BCUT2D eigenvalue weighted by molar-refractivity contribution is 7.85. The number of hydrogen-bond acceptors (Lipinski definition) is 4. The van der Waals surface area contributed by atoms with Gasteiger partial charge in [-0.3, -0.25) is 4.55 Å². The van der Waals surface area contributed by atoms with Crippen LogP contribution in [0.1, 0.15) is 76.8 Å². The molecule has 0 fully saturated rings. The average Bonchev–Trinajstić information content (AvgIpc) is 2.82. The Labute approximate surface area is 208 Å². The number of ether oxygens (including phenoxy) is 1. The fourth-order valence-electron chi connectivity index (χ4n) is 3.67. The summed E-state index contributed by atoms with van der Waals surface area (Å²) in [5.41, 5.74) is 2.70. The van der Waals surface area contributed by atoms with Crippen molar-refractivity contribution < 1.29 is 27.0 Å². The lowest BCUT2D eigenvalue weighted by molar-refractivity contribution is -0.941. The van der Waals surface area contributed by atoms with Gasteiger partial charge in [-0.25, -0.2) is 4.79 Å². The van der Waals surface area contributed by atoms with Crippen LogP contribution in [-0.2, 0) is 26.2 Å². The van der Waals surface area contributed by atoms with Crippen LogP contribution in [0.3, 0.4) is 0 Å². The molecule has 0 aromatic heterocycles. The maximum Gasteiger partial charge on any atom is 0.330 e. The van der Waals surface area contributed by atoms with Gasteiger partial charge in [-0.15, -0.1) is 0 Å². The van der Waals surface area contributed by atoms with Crippen molar-refractivity contribution in [2.75, 3.05) is 32.0 Å². The number of rotatable bonds is 17. The standard InChI is InChI=1S/C21H36N.C6H10O5S/c1-5-9-16-22(17-10-6-2,18-11-7-3)19-21-14-12-20(8-4)13-15-21;1-2-6(7)11-4-3-5-12(8,9)10/h8,12-15H,4-7,9-11,16-19H2,1-3H3;2H,1,3-5H2,(H,8,9,10)/q+1;. The molecule has 0 radical (unpaired) electrons. The number of carbonyl (C=O) groups excluding carboxylic acids is 1. The molecule has 0 aliphatic rings. The Balaban J connectivity index is 0.000000770. The Bertz CT molecular complexity index is 781. The van der Waals surface area contributed by atoms with Gasteiger partial charge in [-0.2, -0.15) is 8.42 Å². The van der Waals surface area contributed by atoms with E-state index in [0.29, 0.717) is 0 Å². The molecular formula is C27H46NO5S+. The van der Waals surface area contributed by atoms with Crippen LogP contribution in [0.5, 0.6) is 0 Å². The lowest BCUT2D eigenvalue weighted by atomic mass is 10.1. The van der Waals surface area contributed by atoms with E-state index >= 15 is 0 Å². The van der Waals surface area contributed by atoms with Gasteiger partial charge in [0.05, 0.1) is 32.0 Å². The maximum absolute atomic E-state index is 10.4. The van der Waals surface area contributed by atoms with Gasteiger partial charge in [0.1, 0.15) is 6.54 Å². The molecule has 0 unspecified atom stereocenters. The number of carbonyl (C=O) groups is 1. The molecule has 1 aromatic rings. The molecule has 0 aliphatic heterocycles.